The lowest BCUT2D eigenvalue weighted by molar-refractivity contribution is -0.137. The summed E-state index contributed by atoms with van der Waals surface area (Å²) in [7, 11) is 0. The zero-order valence-electron chi connectivity index (χ0n) is 14.9. The lowest BCUT2D eigenvalue weighted by Crippen LogP contribution is -2.15. The number of hydrogen-bond acceptors (Lipinski definition) is 7. The van der Waals surface area contributed by atoms with Gasteiger partial charge in [-0.15, -0.1) is 5.10 Å². The minimum Gasteiger partial charge on any atom is -0.483 e. The Bertz CT molecular complexity index is 956. The lowest BCUT2D eigenvalue weighted by atomic mass is 10.0. The fourth-order valence-corrected chi connectivity index (χ4v) is 2.33. The number of anilines is 1. The van der Waals surface area contributed by atoms with Gasteiger partial charge in [0.1, 0.15) is 6.33 Å². The summed E-state index contributed by atoms with van der Waals surface area (Å²) in [4.78, 5) is 20.4. The van der Waals surface area contributed by atoms with Crippen LogP contribution in [0.25, 0.3) is 11.1 Å². The van der Waals surface area contributed by atoms with E-state index >= 15 is 0 Å². The molecule has 1 aromatic carbocycles. The van der Waals surface area contributed by atoms with Gasteiger partial charge in [-0.2, -0.15) is 13.2 Å². The maximum Gasteiger partial charge on any atom is 0.416 e. The molecule has 0 unspecified atom stereocenters. The van der Waals surface area contributed by atoms with Crippen molar-refractivity contribution in [2.24, 2.45) is 0 Å². The van der Waals surface area contributed by atoms with E-state index in [1.807, 2.05) is 0 Å². The van der Waals surface area contributed by atoms with E-state index in [1.54, 1.807) is 6.92 Å². The van der Waals surface area contributed by atoms with E-state index in [0.717, 1.165) is 12.1 Å². The molecule has 0 saturated carbocycles. The quantitative estimate of drug-likeness (QED) is 0.610. The van der Waals surface area contributed by atoms with Gasteiger partial charge < -0.3 is 9.63 Å². The predicted molar refractivity (Wildman–Crippen MR) is 91.4 cm³/mol. The highest BCUT2D eigenvalue weighted by Crippen LogP contribution is 2.36. The highest BCUT2D eigenvalue weighted by Gasteiger charge is 2.31. The van der Waals surface area contributed by atoms with Gasteiger partial charge in [-0.1, -0.05) is 17.3 Å². The number of halogens is 3. The van der Waals surface area contributed by atoms with E-state index in [9.17, 15) is 18.0 Å². The van der Waals surface area contributed by atoms with Gasteiger partial charge in [0.15, 0.2) is 0 Å². The van der Waals surface area contributed by atoms with Crippen LogP contribution in [0.1, 0.15) is 17.7 Å². The highest BCUT2D eigenvalue weighted by atomic mass is 19.4. The van der Waals surface area contributed by atoms with Crippen LogP contribution in [0.2, 0.25) is 0 Å². The van der Waals surface area contributed by atoms with Crippen LogP contribution >= 0.6 is 0 Å². The molecule has 154 valence electrons. The first-order valence-electron chi connectivity index (χ1n) is 7.98. The number of benzene rings is 1. The summed E-state index contributed by atoms with van der Waals surface area (Å²) in [6.07, 6.45) is -3.07. The summed E-state index contributed by atoms with van der Waals surface area (Å²) in [5.41, 5.74) is 0.105. The molecule has 3 rings (SSSR count). The number of alkyl halides is 3. The first-order chi connectivity index (χ1) is 13.8. The number of aryl methyl sites for hydroxylation is 2. The molecule has 0 saturated heterocycles. The third kappa shape index (κ3) is 5.85. The third-order valence-corrected chi connectivity index (χ3v) is 3.55. The fraction of sp³-hybridized carbons (Fsp3) is 0.250. The summed E-state index contributed by atoms with van der Waals surface area (Å²) >= 11 is 0. The fourth-order valence-electron chi connectivity index (χ4n) is 2.33. The zero-order valence-corrected chi connectivity index (χ0v) is 14.9. The summed E-state index contributed by atoms with van der Waals surface area (Å²) in [6, 6.07) is 4.73. The number of nitrogens with zero attached hydrogens (tertiary/aromatic N) is 5. The number of carboxylic acid groups (broad SMARTS) is 1. The van der Waals surface area contributed by atoms with E-state index in [1.165, 1.54) is 23.1 Å². The van der Waals surface area contributed by atoms with Gasteiger partial charge in [-0.05, 0) is 35.0 Å². The predicted octanol–water partition coefficient (Wildman–Crippen LogP) is 2.38. The first kappa shape index (κ1) is 21.5. The van der Waals surface area contributed by atoms with Gasteiger partial charge in [0, 0.05) is 6.42 Å². The van der Waals surface area contributed by atoms with Gasteiger partial charge in [0.05, 0.1) is 23.4 Å². The van der Waals surface area contributed by atoms with Gasteiger partial charge >= 0.3 is 6.18 Å². The molecule has 10 nitrogen and oxygen atoms in total. The minimum absolute atomic E-state index is 0.0106. The Kier molecular flexibility index (Phi) is 7.00. The highest BCUT2D eigenvalue weighted by molar-refractivity contribution is 5.93. The Morgan fingerprint density at radius 1 is 1.38 bits per heavy atom. The van der Waals surface area contributed by atoms with Crippen LogP contribution in [0.5, 0.6) is 0 Å². The molecule has 0 spiro atoms. The van der Waals surface area contributed by atoms with Gasteiger partial charge in [-0.25, -0.2) is 4.68 Å². The number of rotatable bonds is 5. The Hall–Kier alpha value is -3.77. The number of amides is 1. The molecule has 0 bridgehead atoms. The average Bonchev–Trinajstić information content (AvgIpc) is 3.30. The molecule has 0 fully saturated rings. The van der Waals surface area contributed by atoms with Crippen LogP contribution in [-0.2, 0) is 22.3 Å². The molecule has 29 heavy (non-hydrogen) atoms. The van der Waals surface area contributed by atoms with Crippen LogP contribution in [-0.4, -0.2) is 42.8 Å². The first-order valence-corrected chi connectivity index (χ1v) is 7.98. The molecule has 2 N–H and O–H groups in total. The molecular formula is C16H15F3N6O4. The molecule has 0 atom stereocenters. The second-order valence-corrected chi connectivity index (χ2v) is 5.53. The second kappa shape index (κ2) is 9.43. The van der Waals surface area contributed by atoms with Crippen LogP contribution in [0, 0.1) is 6.92 Å². The van der Waals surface area contributed by atoms with Gasteiger partial charge in [0.25, 0.3) is 6.47 Å². The Morgan fingerprint density at radius 2 is 2.10 bits per heavy atom. The molecule has 0 aliphatic heterocycles. The number of carbonyl (C=O) groups is 2. The topological polar surface area (TPSA) is 136 Å². The van der Waals surface area contributed by atoms with Crippen molar-refractivity contribution >= 4 is 18.3 Å². The summed E-state index contributed by atoms with van der Waals surface area (Å²) in [6.45, 7) is 1.57. The van der Waals surface area contributed by atoms with Gasteiger partial charge in [-0.3, -0.25) is 14.9 Å². The van der Waals surface area contributed by atoms with E-state index in [2.05, 4.69) is 26.0 Å². The Labute approximate surface area is 161 Å². The molecule has 3 aromatic rings. The largest absolute Gasteiger partial charge is 0.483 e. The number of tetrazole rings is 1. The number of nitrogens with one attached hydrogen (secondary N) is 1. The second-order valence-electron chi connectivity index (χ2n) is 5.53. The van der Waals surface area contributed by atoms with Crippen molar-refractivity contribution in [1.82, 2.24) is 25.4 Å². The smallest absolute Gasteiger partial charge is 0.416 e. The standard InChI is InChI=1S/C15H13F3N6O2.CH2O2/c1-9-13(10-3-2-4-11(7-10)15(16,17)18)14(26-21-9)20-12(25)5-6-24-8-19-22-23-24;2-1-3/h2-4,7-8H,5-6H2,1H3,(H,20,25);1H,(H,2,3). The number of carbonyl (C=O) groups excluding carboxylic acids is 1. The number of hydrogen-bond donors (Lipinski definition) is 2. The maximum atomic E-state index is 12.9. The molecule has 13 heteroatoms. The molecule has 0 aliphatic rings. The van der Waals surface area contributed by atoms with E-state index < -0.39 is 17.6 Å². The SMILES string of the molecule is Cc1noc(NC(=O)CCn2cnnn2)c1-c1cccc(C(F)(F)F)c1.O=CO. The van der Waals surface area contributed by atoms with Crippen molar-refractivity contribution in [3.05, 3.63) is 41.9 Å². The van der Waals surface area contributed by atoms with Crippen LogP contribution in [0.15, 0.2) is 35.1 Å². The van der Waals surface area contributed by atoms with E-state index in [0.29, 0.717) is 11.3 Å². The van der Waals surface area contributed by atoms with Gasteiger partial charge in [0.2, 0.25) is 11.8 Å². The molecule has 2 aromatic heterocycles. The Morgan fingerprint density at radius 3 is 2.72 bits per heavy atom. The van der Waals surface area contributed by atoms with Crippen molar-refractivity contribution in [2.75, 3.05) is 5.32 Å². The van der Waals surface area contributed by atoms with E-state index in [4.69, 9.17) is 14.4 Å². The van der Waals surface area contributed by atoms with Crippen LogP contribution in [0.4, 0.5) is 19.1 Å². The molecular weight excluding hydrogens is 397 g/mol. The van der Waals surface area contributed by atoms with Crippen molar-refractivity contribution in [2.45, 2.75) is 26.1 Å². The van der Waals surface area contributed by atoms with Crippen molar-refractivity contribution < 1.29 is 32.4 Å². The van der Waals surface area contributed by atoms with Crippen LogP contribution in [0.3, 0.4) is 0 Å². The average molecular weight is 412 g/mol. The summed E-state index contributed by atoms with van der Waals surface area (Å²) in [5.74, 6) is -0.423. The third-order valence-electron chi connectivity index (χ3n) is 3.55. The summed E-state index contributed by atoms with van der Waals surface area (Å²) in [5, 5.41) is 23.7. The lowest BCUT2D eigenvalue weighted by Gasteiger charge is -2.09. The maximum absolute atomic E-state index is 12.9. The normalized spacial score (nSPS) is 10.8. The van der Waals surface area contributed by atoms with Crippen molar-refractivity contribution in [3.8, 4) is 11.1 Å². The van der Waals surface area contributed by atoms with E-state index in [-0.39, 0.29) is 30.9 Å². The molecule has 1 amide bonds. The summed E-state index contributed by atoms with van der Waals surface area (Å²) < 4.78 is 45.2. The van der Waals surface area contributed by atoms with Crippen molar-refractivity contribution in [3.63, 3.8) is 0 Å². The zero-order chi connectivity index (χ0) is 21.4. The Balaban J connectivity index is 0.000000941. The number of aromatic nitrogens is 5. The molecule has 0 aliphatic carbocycles. The van der Waals surface area contributed by atoms with Crippen LogP contribution < -0.4 is 5.32 Å². The molecule has 2 heterocycles. The minimum atomic E-state index is -4.48. The molecule has 0 radical (unpaired) electrons. The monoisotopic (exact) mass is 412 g/mol. The van der Waals surface area contributed by atoms with Crippen molar-refractivity contribution in [1.29, 1.82) is 0 Å².